The van der Waals surface area contributed by atoms with E-state index in [2.05, 4.69) is 5.32 Å². The van der Waals surface area contributed by atoms with Crippen LogP contribution < -0.4 is 22.4 Å². The first-order valence-corrected chi connectivity index (χ1v) is 9.67. The smallest absolute Gasteiger partial charge is 0.251 e. The molecule has 0 saturated heterocycles. The molecular formula is C22H25F2N5O3. The highest BCUT2D eigenvalue weighted by Gasteiger charge is 2.17. The highest BCUT2D eigenvalue weighted by molar-refractivity contribution is 5.94. The van der Waals surface area contributed by atoms with Gasteiger partial charge in [0.2, 0.25) is 5.91 Å². The Hall–Kier alpha value is -3.76. The molecule has 2 rings (SSSR count). The van der Waals surface area contributed by atoms with Crippen LogP contribution in [-0.2, 0) is 4.79 Å². The highest BCUT2D eigenvalue weighted by Crippen LogP contribution is 2.11. The van der Waals surface area contributed by atoms with Crippen LogP contribution in [0, 0.1) is 11.6 Å². The van der Waals surface area contributed by atoms with Crippen LogP contribution in [0.15, 0.2) is 66.5 Å². The van der Waals surface area contributed by atoms with Crippen molar-refractivity contribution in [3.05, 3.63) is 89.3 Å². The molecule has 2 aromatic carbocycles. The van der Waals surface area contributed by atoms with Crippen molar-refractivity contribution in [3.8, 4) is 0 Å². The zero-order valence-corrected chi connectivity index (χ0v) is 17.2. The number of nitrogens with two attached hydrogens (primary N) is 2. The lowest BCUT2D eigenvalue weighted by molar-refractivity contribution is -0.130. The molecule has 1 atom stereocenters. The minimum atomic E-state index is -1.14. The second-order valence-electron chi connectivity index (χ2n) is 6.90. The average molecular weight is 445 g/mol. The van der Waals surface area contributed by atoms with E-state index in [0.717, 1.165) is 23.8 Å². The molecule has 0 spiro atoms. The lowest BCUT2D eigenvalue weighted by Crippen LogP contribution is -2.41. The number of rotatable bonds is 10. The number of carbonyl (C=O) groups is 2. The molecule has 0 aromatic heterocycles. The molecule has 0 saturated carbocycles. The molecule has 7 N–H and O–H groups in total. The summed E-state index contributed by atoms with van der Waals surface area (Å²) in [5.74, 6) is 2.57. The van der Waals surface area contributed by atoms with Gasteiger partial charge in [-0.05, 0) is 30.2 Å². The van der Waals surface area contributed by atoms with Crippen molar-refractivity contribution in [1.29, 1.82) is 0 Å². The lowest BCUT2D eigenvalue weighted by Gasteiger charge is -2.25. The Morgan fingerprint density at radius 3 is 2.50 bits per heavy atom. The first kappa shape index (κ1) is 24.5. The number of carbonyl (C=O) groups excluding carboxylic acids is 2. The van der Waals surface area contributed by atoms with Crippen LogP contribution in [0.4, 0.5) is 8.78 Å². The molecule has 0 aliphatic carbocycles. The van der Waals surface area contributed by atoms with Gasteiger partial charge in [-0.2, -0.15) is 0 Å². The SMILES string of the molecule is N/C(=C\N(N)C(C/C=C/c1ccccc1)CC(=O)NO)CNC(=O)c1ccc(F)c(F)c1. The fraction of sp³-hybridized carbons (Fsp3) is 0.182. The summed E-state index contributed by atoms with van der Waals surface area (Å²) in [6, 6.07) is 11.8. The predicted octanol–water partition coefficient (Wildman–Crippen LogP) is 2.04. The van der Waals surface area contributed by atoms with Crippen LogP contribution in [0.3, 0.4) is 0 Å². The van der Waals surface area contributed by atoms with Gasteiger partial charge in [0.1, 0.15) is 0 Å². The summed E-state index contributed by atoms with van der Waals surface area (Å²) in [5, 5.41) is 12.5. The van der Waals surface area contributed by atoms with Crippen molar-refractivity contribution in [1.82, 2.24) is 15.8 Å². The maximum atomic E-state index is 13.3. The molecule has 2 amide bonds. The van der Waals surface area contributed by atoms with Crippen LogP contribution in [0.25, 0.3) is 6.08 Å². The van der Waals surface area contributed by atoms with E-state index in [4.69, 9.17) is 16.8 Å². The van der Waals surface area contributed by atoms with Gasteiger partial charge in [0.25, 0.3) is 5.91 Å². The summed E-state index contributed by atoms with van der Waals surface area (Å²) in [5.41, 5.74) is 8.53. The van der Waals surface area contributed by atoms with Crippen LogP contribution in [0.1, 0.15) is 28.8 Å². The van der Waals surface area contributed by atoms with Crippen molar-refractivity contribution < 1.29 is 23.6 Å². The van der Waals surface area contributed by atoms with Crippen LogP contribution in [-0.4, -0.2) is 34.6 Å². The monoisotopic (exact) mass is 445 g/mol. The highest BCUT2D eigenvalue weighted by atomic mass is 19.2. The van der Waals surface area contributed by atoms with E-state index in [9.17, 15) is 18.4 Å². The van der Waals surface area contributed by atoms with E-state index in [1.54, 1.807) is 5.48 Å². The van der Waals surface area contributed by atoms with Crippen LogP contribution in [0.2, 0.25) is 0 Å². The Labute approximate surface area is 184 Å². The average Bonchev–Trinajstić information content (AvgIpc) is 2.79. The first-order chi connectivity index (χ1) is 15.3. The predicted molar refractivity (Wildman–Crippen MR) is 115 cm³/mol. The molecule has 10 heteroatoms. The number of amides is 2. The van der Waals surface area contributed by atoms with Crippen LogP contribution in [0.5, 0.6) is 0 Å². The van der Waals surface area contributed by atoms with Crippen molar-refractivity contribution >= 4 is 17.9 Å². The largest absolute Gasteiger partial charge is 0.399 e. The number of nitrogens with zero attached hydrogens (tertiary/aromatic N) is 1. The minimum absolute atomic E-state index is 0.0650. The fourth-order valence-electron chi connectivity index (χ4n) is 2.76. The number of hydrazine groups is 1. The third-order valence-electron chi connectivity index (χ3n) is 4.44. The molecule has 0 aliphatic rings. The van der Waals surface area contributed by atoms with E-state index in [1.165, 1.54) is 11.2 Å². The van der Waals surface area contributed by atoms with Gasteiger partial charge in [0.15, 0.2) is 11.6 Å². The van der Waals surface area contributed by atoms with Gasteiger partial charge in [-0.3, -0.25) is 14.8 Å². The van der Waals surface area contributed by atoms with Gasteiger partial charge in [-0.25, -0.2) is 20.1 Å². The molecule has 170 valence electrons. The van der Waals surface area contributed by atoms with Gasteiger partial charge < -0.3 is 16.1 Å². The summed E-state index contributed by atoms with van der Waals surface area (Å²) in [6.07, 6.45) is 5.30. The standard InChI is InChI=1S/C22H25F2N5O3/c23-19-10-9-16(11-20(19)24)22(31)27-13-17(25)14-29(26)18(12-21(30)28-32)8-4-7-15-5-2-1-3-6-15/h1-7,9-11,14,18,32H,8,12-13,25-26H2,(H,27,31)(H,28,30)/b7-4+,17-14-. The number of halogens is 2. The number of benzene rings is 2. The second-order valence-corrected chi connectivity index (χ2v) is 6.90. The van der Waals surface area contributed by atoms with Crippen molar-refractivity contribution in [2.24, 2.45) is 11.6 Å². The molecule has 1 unspecified atom stereocenters. The van der Waals surface area contributed by atoms with Crippen LogP contribution >= 0.6 is 0 Å². The molecule has 0 bridgehead atoms. The fourth-order valence-corrected chi connectivity index (χ4v) is 2.76. The molecule has 0 fully saturated rings. The third-order valence-corrected chi connectivity index (χ3v) is 4.44. The van der Waals surface area contributed by atoms with Gasteiger partial charge >= 0.3 is 0 Å². The van der Waals surface area contributed by atoms with Gasteiger partial charge in [0, 0.05) is 17.5 Å². The molecule has 0 heterocycles. The molecule has 0 radical (unpaired) electrons. The van der Waals surface area contributed by atoms with Gasteiger partial charge in [-0.15, -0.1) is 0 Å². The van der Waals surface area contributed by atoms with Crippen molar-refractivity contribution in [3.63, 3.8) is 0 Å². The Morgan fingerprint density at radius 1 is 1.12 bits per heavy atom. The van der Waals surface area contributed by atoms with Crippen molar-refractivity contribution in [2.75, 3.05) is 6.54 Å². The number of nitrogens with one attached hydrogen (secondary N) is 2. The minimum Gasteiger partial charge on any atom is -0.399 e. The van der Waals surface area contributed by atoms with E-state index in [0.29, 0.717) is 6.42 Å². The topological polar surface area (TPSA) is 134 Å². The third kappa shape index (κ3) is 7.82. The van der Waals surface area contributed by atoms with Gasteiger partial charge in [-0.1, -0.05) is 42.5 Å². The maximum absolute atomic E-state index is 13.3. The summed E-state index contributed by atoms with van der Waals surface area (Å²) in [4.78, 5) is 23.7. The van der Waals surface area contributed by atoms with E-state index >= 15 is 0 Å². The summed E-state index contributed by atoms with van der Waals surface area (Å²) < 4.78 is 26.3. The Kier molecular flexibility index (Phi) is 9.33. The molecule has 8 nitrogen and oxygen atoms in total. The summed E-state index contributed by atoms with van der Waals surface area (Å²) >= 11 is 0. The Bertz CT molecular complexity index is 983. The summed E-state index contributed by atoms with van der Waals surface area (Å²) in [7, 11) is 0. The normalized spacial score (nSPS) is 12.4. The first-order valence-electron chi connectivity index (χ1n) is 9.67. The maximum Gasteiger partial charge on any atom is 0.251 e. The Morgan fingerprint density at radius 2 is 1.84 bits per heavy atom. The summed E-state index contributed by atoms with van der Waals surface area (Å²) in [6.45, 7) is -0.121. The quantitative estimate of drug-likeness (QED) is 0.216. The Balaban J connectivity index is 1.99. The number of hydrogen-bond donors (Lipinski definition) is 5. The number of hydroxylamine groups is 1. The number of hydrogen-bond acceptors (Lipinski definition) is 6. The zero-order chi connectivity index (χ0) is 23.5. The molecule has 32 heavy (non-hydrogen) atoms. The zero-order valence-electron chi connectivity index (χ0n) is 17.2. The second kappa shape index (κ2) is 12.2. The molecule has 0 aliphatic heterocycles. The van der Waals surface area contributed by atoms with E-state index < -0.39 is 29.5 Å². The van der Waals surface area contributed by atoms with Gasteiger partial charge in [0.05, 0.1) is 19.0 Å². The molecular weight excluding hydrogens is 420 g/mol. The van der Waals surface area contributed by atoms with Crippen molar-refractivity contribution in [2.45, 2.75) is 18.9 Å². The van der Waals surface area contributed by atoms with E-state index in [1.807, 2.05) is 42.5 Å². The van der Waals surface area contributed by atoms with E-state index in [-0.39, 0.29) is 24.2 Å². The molecule has 2 aromatic rings. The lowest BCUT2D eigenvalue weighted by atomic mass is 10.1.